The molecule has 0 aliphatic rings. The Hall–Kier alpha value is -1.91. The van der Waals surface area contributed by atoms with Crippen LogP contribution in [0.2, 0.25) is 0 Å². The number of carbonyl (C=O) groups is 1. The van der Waals surface area contributed by atoms with Crippen LogP contribution in [0.1, 0.15) is 30.5 Å². The molecule has 0 aliphatic carbocycles. The number of benzene rings is 2. The Kier molecular flexibility index (Phi) is 7.72. The summed E-state index contributed by atoms with van der Waals surface area (Å²) in [6.07, 6.45) is 0.671. The van der Waals surface area contributed by atoms with E-state index >= 15 is 0 Å². The zero-order valence-corrected chi connectivity index (χ0v) is 13.9. The number of rotatable bonds is 6. The van der Waals surface area contributed by atoms with Crippen LogP contribution in [-0.2, 0) is 11.2 Å². The summed E-state index contributed by atoms with van der Waals surface area (Å²) < 4.78 is 13.6. The van der Waals surface area contributed by atoms with Crippen molar-refractivity contribution in [2.24, 2.45) is 5.73 Å². The molecule has 124 valence electrons. The van der Waals surface area contributed by atoms with Gasteiger partial charge in [-0.1, -0.05) is 48.5 Å². The summed E-state index contributed by atoms with van der Waals surface area (Å²) in [5, 5.41) is 2.87. The highest BCUT2D eigenvalue weighted by atomic mass is 35.5. The van der Waals surface area contributed by atoms with Gasteiger partial charge in [-0.15, -0.1) is 12.4 Å². The fourth-order valence-corrected chi connectivity index (χ4v) is 2.40. The lowest BCUT2D eigenvalue weighted by Crippen LogP contribution is -2.36. The highest BCUT2D eigenvalue weighted by molar-refractivity contribution is 5.85. The van der Waals surface area contributed by atoms with Crippen LogP contribution in [0.25, 0.3) is 0 Å². The Morgan fingerprint density at radius 3 is 2.39 bits per heavy atom. The van der Waals surface area contributed by atoms with E-state index in [-0.39, 0.29) is 42.6 Å². The van der Waals surface area contributed by atoms with Crippen LogP contribution in [0.3, 0.4) is 0 Å². The number of hydrogen-bond acceptors (Lipinski definition) is 2. The summed E-state index contributed by atoms with van der Waals surface area (Å²) in [6.45, 7) is 1.86. The molecule has 3 N–H and O–H groups in total. The normalized spacial score (nSPS) is 12.8. The lowest BCUT2D eigenvalue weighted by atomic mass is 10.0. The molecule has 0 spiro atoms. The smallest absolute Gasteiger partial charge is 0.222 e. The summed E-state index contributed by atoms with van der Waals surface area (Å²) >= 11 is 0. The van der Waals surface area contributed by atoms with Crippen molar-refractivity contribution in [3.05, 3.63) is 71.5 Å². The van der Waals surface area contributed by atoms with E-state index in [1.165, 1.54) is 6.07 Å². The highest BCUT2D eigenvalue weighted by Crippen LogP contribution is 2.14. The molecule has 1 amide bonds. The quantitative estimate of drug-likeness (QED) is 0.849. The fraction of sp³-hybridized carbons (Fsp3) is 0.278. The van der Waals surface area contributed by atoms with Gasteiger partial charge < -0.3 is 11.1 Å². The molecular weight excluding hydrogens is 315 g/mol. The number of amides is 1. The van der Waals surface area contributed by atoms with Gasteiger partial charge in [0.15, 0.2) is 0 Å². The van der Waals surface area contributed by atoms with Crippen molar-refractivity contribution in [1.82, 2.24) is 5.32 Å². The molecule has 0 bridgehead atoms. The SMILES string of the molecule is CC(Cc1ccccc1F)NC(=O)CC(N)c1ccccc1.Cl. The minimum Gasteiger partial charge on any atom is -0.353 e. The first-order chi connectivity index (χ1) is 10.6. The molecule has 2 atom stereocenters. The van der Waals surface area contributed by atoms with Crippen molar-refractivity contribution in [3.63, 3.8) is 0 Å². The first kappa shape index (κ1) is 19.1. The maximum Gasteiger partial charge on any atom is 0.222 e. The van der Waals surface area contributed by atoms with Gasteiger partial charge in [-0.2, -0.15) is 0 Å². The Bertz CT molecular complexity index is 621. The molecule has 2 unspecified atom stereocenters. The summed E-state index contributed by atoms with van der Waals surface area (Å²) in [7, 11) is 0. The third kappa shape index (κ3) is 6.00. The van der Waals surface area contributed by atoms with E-state index in [0.717, 1.165) is 5.56 Å². The first-order valence-electron chi connectivity index (χ1n) is 7.39. The molecule has 3 nitrogen and oxygen atoms in total. The lowest BCUT2D eigenvalue weighted by molar-refractivity contribution is -0.122. The van der Waals surface area contributed by atoms with Gasteiger partial charge >= 0.3 is 0 Å². The van der Waals surface area contributed by atoms with E-state index in [4.69, 9.17) is 5.73 Å². The van der Waals surface area contributed by atoms with Crippen molar-refractivity contribution in [2.45, 2.75) is 31.8 Å². The molecule has 23 heavy (non-hydrogen) atoms. The molecule has 0 fully saturated rings. The second-order valence-corrected chi connectivity index (χ2v) is 5.49. The second-order valence-electron chi connectivity index (χ2n) is 5.49. The predicted molar refractivity (Wildman–Crippen MR) is 92.9 cm³/mol. The van der Waals surface area contributed by atoms with E-state index in [9.17, 15) is 9.18 Å². The van der Waals surface area contributed by atoms with E-state index in [2.05, 4.69) is 5.32 Å². The number of halogens is 2. The van der Waals surface area contributed by atoms with Gasteiger partial charge in [-0.05, 0) is 30.5 Å². The Morgan fingerprint density at radius 2 is 1.74 bits per heavy atom. The monoisotopic (exact) mass is 336 g/mol. The molecule has 2 aromatic rings. The third-order valence-corrected chi connectivity index (χ3v) is 3.52. The predicted octanol–water partition coefficient (Wildman–Crippen LogP) is 3.38. The minimum atomic E-state index is -0.332. The minimum absolute atomic E-state index is 0. The largest absolute Gasteiger partial charge is 0.353 e. The Morgan fingerprint density at radius 1 is 1.13 bits per heavy atom. The summed E-state index contributed by atoms with van der Waals surface area (Å²) in [5.41, 5.74) is 7.56. The van der Waals surface area contributed by atoms with Crippen LogP contribution in [0, 0.1) is 5.82 Å². The highest BCUT2D eigenvalue weighted by Gasteiger charge is 2.14. The van der Waals surface area contributed by atoms with Crippen molar-refractivity contribution >= 4 is 18.3 Å². The fourth-order valence-electron chi connectivity index (χ4n) is 2.40. The topological polar surface area (TPSA) is 55.1 Å². The van der Waals surface area contributed by atoms with Crippen LogP contribution in [0.15, 0.2) is 54.6 Å². The third-order valence-electron chi connectivity index (χ3n) is 3.52. The van der Waals surface area contributed by atoms with Gasteiger partial charge in [-0.25, -0.2) is 4.39 Å². The standard InChI is InChI=1S/C18H21FN2O.ClH/c1-13(11-15-9-5-6-10-16(15)19)21-18(22)12-17(20)14-7-3-2-4-8-14;/h2-10,13,17H,11-12,20H2,1H3,(H,21,22);1H. The number of nitrogens with two attached hydrogens (primary N) is 1. The van der Waals surface area contributed by atoms with E-state index in [0.29, 0.717) is 12.0 Å². The summed E-state index contributed by atoms with van der Waals surface area (Å²) in [5.74, 6) is -0.371. The van der Waals surface area contributed by atoms with Crippen LogP contribution in [-0.4, -0.2) is 11.9 Å². The van der Waals surface area contributed by atoms with Gasteiger partial charge in [0.05, 0.1) is 0 Å². The molecule has 0 saturated heterocycles. The molecule has 5 heteroatoms. The van der Waals surface area contributed by atoms with Gasteiger partial charge in [0.2, 0.25) is 5.91 Å². The number of hydrogen-bond donors (Lipinski definition) is 2. The molecule has 2 rings (SSSR count). The van der Waals surface area contributed by atoms with Gasteiger partial charge in [0.1, 0.15) is 5.82 Å². The molecular formula is C18H22ClFN2O. The Balaban J connectivity index is 0.00000264. The molecule has 0 heterocycles. The molecule has 2 aromatic carbocycles. The van der Waals surface area contributed by atoms with Gasteiger partial charge in [0, 0.05) is 18.5 Å². The molecule has 0 radical (unpaired) electrons. The maximum absolute atomic E-state index is 13.6. The average Bonchev–Trinajstić information content (AvgIpc) is 2.50. The number of carbonyl (C=O) groups excluding carboxylic acids is 1. The van der Waals surface area contributed by atoms with Crippen LogP contribution in [0.5, 0.6) is 0 Å². The average molecular weight is 337 g/mol. The lowest BCUT2D eigenvalue weighted by Gasteiger charge is -2.17. The zero-order valence-electron chi connectivity index (χ0n) is 13.0. The van der Waals surface area contributed by atoms with Crippen LogP contribution >= 0.6 is 12.4 Å². The zero-order chi connectivity index (χ0) is 15.9. The Labute approximate surface area is 142 Å². The van der Waals surface area contributed by atoms with Gasteiger partial charge in [-0.3, -0.25) is 4.79 Å². The first-order valence-corrected chi connectivity index (χ1v) is 7.39. The molecule has 0 aromatic heterocycles. The maximum atomic E-state index is 13.6. The summed E-state index contributed by atoms with van der Waals surface area (Å²) in [4.78, 5) is 12.0. The van der Waals surface area contributed by atoms with Crippen molar-refractivity contribution in [3.8, 4) is 0 Å². The van der Waals surface area contributed by atoms with E-state index < -0.39 is 0 Å². The van der Waals surface area contributed by atoms with Crippen molar-refractivity contribution < 1.29 is 9.18 Å². The molecule has 0 aliphatic heterocycles. The molecule has 0 saturated carbocycles. The summed E-state index contributed by atoms with van der Waals surface area (Å²) in [6, 6.07) is 15.6. The van der Waals surface area contributed by atoms with Gasteiger partial charge in [0.25, 0.3) is 0 Å². The van der Waals surface area contributed by atoms with E-state index in [1.54, 1.807) is 18.2 Å². The van der Waals surface area contributed by atoms with E-state index in [1.807, 2.05) is 37.3 Å². The second kappa shape index (κ2) is 9.28. The van der Waals surface area contributed by atoms with Crippen molar-refractivity contribution in [2.75, 3.05) is 0 Å². The van der Waals surface area contributed by atoms with Crippen LogP contribution < -0.4 is 11.1 Å². The number of nitrogens with one attached hydrogen (secondary N) is 1. The van der Waals surface area contributed by atoms with Crippen molar-refractivity contribution in [1.29, 1.82) is 0 Å². The van der Waals surface area contributed by atoms with Crippen LogP contribution in [0.4, 0.5) is 4.39 Å².